The molecular formula is C54H38N2. The number of pyridine rings is 1. The van der Waals surface area contributed by atoms with Gasteiger partial charge in [-0.15, -0.1) is 0 Å². The van der Waals surface area contributed by atoms with E-state index in [4.69, 9.17) is 4.98 Å². The number of nitrogens with zero attached hydrogens (tertiary/aromatic N) is 1. The zero-order chi connectivity index (χ0) is 37.3. The van der Waals surface area contributed by atoms with Crippen molar-refractivity contribution >= 4 is 32.9 Å². The summed E-state index contributed by atoms with van der Waals surface area (Å²) in [5.41, 5.74) is 16.0. The number of benzene rings is 8. The van der Waals surface area contributed by atoms with Crippen molar-refractivity contribution in [1.82, 2.24) is 10.3 Å². The maximum atomic E-state index is 5.46. The number of allylic oxidation sites excluding steroid dienone is 2. The molecule has 2 nitrogen and oxygen atoms in total. The number of aromatic nitrogens is 1. The Labute approximate surface area is 327 Å². The average molecular weight is 715 g/mol. The van der Waals surface area contributed by atoms with Crippen LogP contribution in [0.1, 0.15) is 22.7 Å². The first kappa shape index (κ1) is 33.3. The van der Waals surface area contributed by atoms with E-state index in [0.717, 1.165) is 33.6 Å². The summed E-state index contributed by atoms with van der Waals surface area (Å²) in [5.74, 6) is 0. The zero-order valence-corrected chi connectivity index (χ0v) is 30.8. The topological polar surface area (TPSA) is 24.9 Å². The van der Waals surface area contributed by atoms with Gasteiger partial charge in [-0.3, -0.25) is 0 Å². The normalized spacial score (nSPS) is 13.9. The fraction of sp³-hybridized carbons (Fsp3) is 0.0185. The van der Waals surface area contributed by atoms with Crippen LogP contribution >= 0.6 is 0 Å². The number of nitrogens with one attached hydrogen (secondary N) is 1. The Balaban J connectivity index is 1.08. The van der Waals surface area contributed by atoms with E-state index in [-0.39, 0.29) is 6.04 Å². The molecule has 0 saturated carbocycles. The number of hydrogen-bond donors (Lipinski definition) is 1. The fourth-order valence-electron chi connectivity index (χ4n) is 8.07. The van der Waals surface area contributed by atoms with Gasteiger partial charge in [0.2, 0.25) is 0 Å². The third-order valence-corrected chi connectivity index (χ3v) is 10.9. The summed E-state index contributed by atoms with van der Waals surface area (Å²) in [5, 5.41) is 7.35. The lowest BCUT2D eigenvalue weighted by atomic mass is 9.89. The lowest BCUT2D eigenvalue weighted by Gasteiger charge is -2.25. The number of hydrogen-bond acceptors (Lipinski definition) is 2. The highest BCUT2D eigenvalue weighted by Gasteiger charge is 2.20. The van der Waals surface area contributed by atoms with Gasteiger partial charge in [0.15, 0.2) is 0 Å². The summed E-state index contributed by atoms with van der Waals surface area (Å²) in [6.45, 7) is 0. The predicted molar refractivity (Wildman–Crippen MR) is 236 cm³/mol. The molecule has 9 aromatic rings. The van der Waals surface area contributed by atoms with Crippen molar-refractivity contribution in [1.29, 1.82) is 0 Å². The molecule has 0 spiro atoms. The van der Waals surface area contributed by atoms with Crippen LogP contribution in [0.5, 0.6) is 0 Å². The molecule has 56 heavy (non-hydrogen) atoms. The van der Waals surface area contributed by atoms with Crippen LogP contribution in [0, 0.1) is 0 Å². The van der Waals surface area contributed by atoms with Crippen LogP contribution < -0.4 is 5.32 Å². The molecule has 1 aromatic heterocycles. The highest BCUT2D eigenvalue weighted by molar-refractivity contribution is 6.18. The van der Waals surface area contributed by atoms with E-state index in [2.05, 4.69) is 224 Å². The Kier molecular flexibility index (Phi) is 8.62. The van der Waals surface area contributed by atoms with E-state index < -0.39 is 0 Å². The van der Waals surface area contributed by atoms with Crippen molar-refractivity contribution in [3.8, 4) is 44.6 Å². The predicted octanol–water partition coefficient (Wildman–Crippen LogP) is 13.8. The molecule has 1 aliphatic heterocycles. The minimum absolute atomic E-state index is 0.0676. The first-order valence-electron chi connectivity index (χ1n) is 19.2. The van der Waals surface area contributed by atoms with Crippen molar-refractivity contribution in [2.45, 2.75) is 6.04 Å². The van der Waals surface area contributed by atoms with Crippen molar-refractivity contribution < 1.29 is 0 Å². The van der Waals surface area contributed by atoms with Crippen LogP contribution in [-0.2, 0) is 0 Å². The highest BCUT2D eigenvalue weighted by atomic mass is 14.9. The Morgan fingerprint density at radius 2 is 1.00 bits per heavy atom. The van der Waals surface area contributed by atoms with Gasteiger partial charge in [-0.25, -0.2) is 4.98 Å². The highest BCUT2D eigenvalue weighted by Crippen LogP contribution is 2.42. The molecule has 0 saturated heterocycles. The monoisotopic (exact) mass is 714 g/mol. The van der Waals surface area contributed by atoms with Gasteiger partial charge in [-0.2, -0.15) is 0 Å². The van der Waals surface area contributed by atoms with Gasteiger partial charge in [0.05, 0.1) is 17.3 Å². The van der Waals surface area contributed by atoms with E-state index in [1.54, 1.807) is 0 Å². The van der Waals surface area contributed by atoms with Crippen molar-refractivity contribution in [2.75, 3.05) is 0 Å². The molecule has 0 amide bonds. The summed E-state index contributed by atoms with van der Waals surface area (Å²) in [4.78, 5) is 5.46. The SMILES string of the molecule is C1=C(c2ccc(-c3cccc(-c4cc5ccccc5c5c(-c6ccccc6)cc(-c6ccccc6)nc45)c3)cc2)C=C(c2ccccc2)NC1c1ccccc1. The van der Waals surface area contributed by atoms with E-state index in [0.29, 0.717) is 0 Å². The first-order chi connectivity index (χ1) is 27.7. The van der Waals surface area contributed by atoms with Crippen LogP contribution in [0.4, 0.5) is 0 Å². The van der Waals surface area contributed by atoms with Crippen LogP contribution in [-0.4, -0.2) is 4.98 Å². The van der Waals surface area contributed by atoms with Crippen molar-refractivity contribution in [3.05, 3.63) is 235 Å². The lowest BCUT2D eigenvalue weighted by molar-refractivity contribution is 0.767. The minimum atomic E-state index is 0.0676. The molecule has 1 aliphatic rings. The Morgan fingerprint density at radius 1 is 0.411 bits per heavy atom. The fourth-order valence-corrected chi connectivity index (χ4v) is 8.07. The first-order valence-corrected chi connectivity index (χ1v) is 19.2. The Hall–Kier alpha value is -7.29. The standard InChI is InChI=1S/C54H38N2/c1-5-16-39(17-6-1)48-36-52(42-22-11-4-12-23-42)56-54-49(33-45-24-13-14-27-47(45)53(48)54)44-26-15-25-43(32-44)37-28-30-38(31-29-37)46-34-50(40-18-7-2-8-19-40)55-51(35-46)41-20-9-3-10-21-41/h1-36,50,55H. The molecule has 264 valence electrons. The molecule has 0 radical (unpaired) electrons. The maximum Gasteiger partial charge on any atom is 0.0800 e. The molecule has 2 heteroatoms. The van der Waals surface area contributed by atoms with Gasteiger partial charge >= 0.3 is 0 Å². The second-order valence-corrected chi connectivity index (χ2v) is 14.4. The van der Waals surface area contributed by atoms with Crippen LogP contribution in [0.15, 0.2) is 218 Å². The van der Waals surface area contributed by atoms with Crippen LogP contribution in [0.3, 0.4) is 0 Å². The second-order valence-electron chi connectivity index (χ2n) is 14.4. The van der Waals surface area contributed by atoms with E-state index in [1.807, 2.05) is 0 Å². The minimum Gasteiger partial charge on any atom is -0.374 e. The summed E-state index contributed by atoms with van der Waals surface area (Å²) in [7, 11) is 0. The summed E-state index contributed by atoms with van der Waals surface area (Å²) in [6.07, 6.45) is 4.61. The summed E-state index contributed by atoms with van der Waals surface area (Å²) in [6, 6.07) is 73.8. The third kappa shape index (κ3) is 6.38. The van der Waals surface area contributed by atoms with Gasteiger partial charge in [0, 0.05) is 22.2 Å². The van der Waals surface area contributed by atoms with E-state index in [1.165, 1.54) is 60.7 Å². The molecular weight excluding hydrogens is 677 g/mol. The van der Waals surface area contributed by atoms with E-state index in [9.17, 15) is 0 Å². The van der Waals surface area contributed by atoms with Gasteiger partial charge in [-0.05, 0) is 91.2 Å². The molecule has 10 rings (SSSR count). The average Bonchev–Trinajstić information content (AvgIpc) is 3.29. The van der Waals surface area contributed by atoms with Gasteiger partial charge < -0.3 is 5.32 Å². The van der Waals surface area contributed by atoms with Crippen molar-refractivity contribution in [2.24, 2.45) is 0 Å². The Morgan fingerprint density at radius 3 is 1.73 bits per heavy atom. The molecule has 0 bridgehead atoms. The Bertz CT molecular complexity index is 2890. The quantitative estimate of drug-likeness (QED) is 0.166. The number of dihydropyridines is 1. The molecule has 0 fully saturated rings. The smallest absolute Gasteiger partial charge is 0.0800 e. The van der Waals surface area contributed by atoms with Crippen LogP contribution in [0.2, 0.25) is 0 Å². The molecule has 1 N–H and O–H groups in total. The maximum absolute atomic E-state index is 5.46. The van der Waals surface area contributed by atoms with Gasteiger partial charge in [-0.1, -0.05) is 188 Å². The number of fused-ring (bicyclic) bond motifs is 3. The summed E-state index contributed by atoms with van der Waals surface area (Å²) >= 11 is 0. The molecule has 0 aliphatic carbocycles. The molecule has 1 atom stereocenters. The van der Waals surface area contributed by atoms with Gasteiger partial charge in [0.1, 0.15) is 0 Å². The second kappa shape index (κ2) is 14.5. The van der Waals surface area contributed by atoms with Crippen LogP contribution in [0.25, 0.3) is 77.6 Å². The molecule has 8 aromatic carbocycles. The summed E-state index contributed by atoms with van der Waals surface area (Å²) < 4.78 is 0. The largest absolute Gasteiger partial charge is 0.374 e. The molecule has 2 heterocycles. The van der Waals surface area contributed by atoms with Crippen molar-refractivity contribution in [3.63, 3.8) is 0 Å². The molecule has 1 unspecified atom stereocenters. The zero-order valence-electron chi connectivity index (χ0n) is 30.8. The van der Waals surface area contributed by atoms with Gasteiger partial charge in [0.25, 0.3) is 0 Å². The number of rotatable bonds is 7. The lowest BCUT2D eigenvalue weighted by Crippen LogP contribution is -2.21. The third-order valence-electron chi connectivity index (χ3n) is 10.9. The van der Waals surface area contributed by atoms with E-state index >= 15 is 0 Å².